The number of aromatic nitrogens is 2. The normalized spacial score (nSPS) is 13.0. The van der Waals surface area contributed by atoms with E-state index in [-0.39, 0.29) is 0 Å². The second kappa shape index (κ2) is 6.97. The Hall–Kier alpha value is -0.480. The van der Waals surface area contributed by atoms with E-state index in [0.29, 0.717) is 6.04 Å². The van der Waals surface area contributed by atoms with Crippen LogP contribution in [0.25, 0.3) is 0 Å². The first-order valence-electron chi connectivity index (χ1n) is 5.94. The summed E-state index contributed by atoms with van der Waals surface area (Å²) in [5, 5.41) is 7.87. The molecule has 3 nitrogen and oxygen atoms in total. The molecular formula is C12H23N3S. The first-order valence-corrected chi connectivity index (χ1v) is 7.09. The molecule has 1 N–H and O–H groups in total. The molecule has 0 radical (unpaired) electrons. The SMILES string of the molecule is CCSCCC(C)NCc1cc(C)nn1C. The van der Waals surface area contributed by atoms with Gasteiger partial charge in [0.2, 0.25) is 0 Å². The lowest BCUT2D eigenvalue weighted by atomic mass is 10.2. The molecule has 0 spiro atoms. The summed E-state index contributed by atoms with van der Waals surface area (Å²) < 4.78 is 1.95. The third-order valence-corrected chi connectivity index (χ3v) is 3.56. The Morgan fingerprint density at radius 1 is 1.56 bits per heavy atom. The molecule has 0 saturated heterocycles. The van der Waals surface area contributed by atoms with E-state index in [9.17, 15) is 0 Å². The van der Waals surface area contributed by atoms with Crippen LogP contribution in [-0.4, -0.2) is 27.3 Å². The van der Waals surface area contributed by atoms with Gasteiger partial charge >= 0.3 is 0 Å². The van der Waals surface area contributed by atoms with E-state index in [1.807, 2.05) is 30.4 Å². The van der Waals surface area contributed by atoms with Crippen molar-refractivity contribution in [2.45, 2.75) is 39.8 Å². The van der Waals surface area contributed by atoms with Crippen molar-refractivity contribution in [1.82, 2.24) is 15.1 Å². The van der Waals surface area contributed by atoms with E-state index in [1.54, 1.807) is 0 Å². The maximum absolute atomic E-state index is 4.34. The van der Waals surface area contributed by atoms with Gasteiger partial charge in [0.05, 0.1) is 11.4 Å². The third kappa shape index (κ3) is 4.58. The summed E-state index contributed by atoms with van der Waals surface area (Å²) in [6.45, 7) is 7.40. The summed E-state index contributed by atoms with van der Waals surface area (Å²) >= 11 is 2.01. The van der Waals surface area contributed by atoms with Gasteiger partial charge in [0.1, 0.15) is 0 Å². The van der Waals surface area contributed by atoms with Gasteiger partial charge in [-0.1, -0.05) is 6.92 Å². The molecule has 0 aliphatic rings. The summed E-state index contributed by atoms with van der Waals surface area (Å²) in [7, 11) is 2.00. The van der Waals surface area contributed by atoms with Crippen LogP contribution < -0.4 is 5.32 Å². The maximum Gasteiger partial charge on any atom is 0.0597 e. The van der Waals surface area contributed by atoms with Crippen molar-refractivity contribution in [2.75, 3.05) is 11.5 Å². The summed E-state index contributed by atoms with van der Waals surface area (Å²) in [5.41, 5.74) is 2.35. The molecule has 0 fully saturated rings. The molecule has 0 aliphatic carbocycles. The molecule has 92 valence electrons. The van der Waals surface area contributed by atoms with Gasteiger partial charge in [-0.2, -0.15) is 16.9 Å². The molecule has 1 aromatic rings. The summed E-state index contributed by atoms with van der Waals surface area (Å²) in [6, 6.07) is 2.72. The number of hydrogen-bond acceptors (Lipinski definition) is 3. The van der Waals surface area contributed by atoms with Gasteiger partial charge in [-0.15, -0.1) is 0 Å². The second-order valence-electron chi connectivity index (χ2n) is 4.17. The standard InChI is InChI=1S/C12H23N3S/c1-5-16-7-6-10(2)13-9-12-8-11(3)14-15(12)4/h8,10,13H,5-7,9H2,1-4H3. The molecule has 1 aromatic heterocycles. The van der Waals surface area contributed by atoms with Crippen LogP contribution in [0.15, 0.2) is 6.07 Å². The molecule has 1 rings (SSSR count). The molecular weight excluding hydrogens is 218 g/mol. The van der Waals surface area contributed by atoms with Crippen LogP contribution in [0.4, 0.5) is 0 Å². The zero-order chi connectivity index (χ0) is 12.0. The predicted octanol–water partition coefficient (Wildman–Crippen LogP) is 2.35. The molecule has 0 aromatic carbocycles. The molecule has 16 heavy (non-hydrogen) atoms. The van der Waals surface area contributed by atoms with Crippen molar-refractivity contribution in [3.8, 4) is 0 Å². The lowest BCUT2D eigenvalue weighted by Gasteiger charge is -2.13. The molecule has 0 aliphatic heterocycles. The van der Waals surface area contributed by atoms with Gasteiger partial charge < -0.3 is 5.32 Å². The highest BCUT2D eigenvalue weighted by Gasteiger charge is 2.04. The van der Waals surface area contributed by atoms with Gasteiger partial charge in [-0.05, 0) is 37.8 Å². The molecule has 0 saturated carbocycles. The lowest BCUT2D eigenvalue weighted by Crippen LogP contribution is -2.27. The van der Waals surface area contributed by atoms with Crippen LogP contribution in [0.5, 0.6) is 0 Å². The Morgan fingerprint density at radius 3 is 2.88 bits per heavy atom. The van der Waals surface area contributed by atoms with Gasteiger partial charge in [-0.25, -0.2) is 0 Å². The molecule has 0 amide bonds. The largest absolute Gasteiger partial charge is 0.309 e. The van der Waals surface area contributed by atoms with Crippen LogP contribution in [-0.2, 0) is 13.6 Å². The number of nitrogens with one attached hydrogen (secondary N) is 1. The Balaban J connectivity index is 2.26. The topological polar surface area (TPSA) is 29.9 Å². The summed E-state index contributed by atoms with van der Waals surface area (Å²) in [5.74, 6) is 2.46. The second-order valence-corrected chi connectivity index (χ2v) is 5.56. The van der Waals surface area contributed by atoms with Crippen LogP contribution in [0.3, 0.4) is 0 Å². The minimum atomic E-state index is 0.578. The van der Waals surface area contributed by atoms with Crippen LogP contribution in [0.1, 0.15) is 31.7 Å². The van der Waals surface area contributed by atoms with Gasteiger partial charge in [0, 0.05) is 19.6 Å². The summed E-state index contributed by atoms with van der Waals surface area (Å²) in [4.78, 5) is 0. The highest BCUT2D eigenvalue weighted by molar-refractivity contribution is 7.99. The summed E-state index contributed by atoms with van der Waals surface area (Å²) in [6.07, 6.45) is 1.23. The minimum absolute atomic E-state index is 0.578. The van der Waals surface area contributed by atoms with E-state index in [4.69, 9.17) is 0 Å². The molecule has 1 heterocycles. The first-order chi connectivity index (χ1) is 7.63. The molecule has 0 bridgehead atoms. The lowest BCUT2D eigenvalue weighted by molar-refractivity contribution is 0.519. The number of rotatable bonds is 7. The predicted molar refractivity (Wildman–Crippen MR) is 71.9 cm³/mol. The third-order valence-electron chi connectivity index (χ3n) is 2.63. The number of nitrogens with zero attached hydrogens (tertiary/aromatic N) is 2. The quantitative estimate of drug-likeness (QED) is 0.743. The Bertz CT molecular complexity index is 309. The highest BCUT2D eigenvalue weighted by atomic mass is 32.2. The Labute approximate surface area is 103 Å². The smallest absolute Gasteiger partial charge is 0.0597 e. The van der Waals surface area contributed by atoms with E-state index in [1.165, 1.54) is 23.6 Å². The Kier molecular flexibility index (Phi) is 5.91. The monoisotopic (exact) mass is 241 g/mol. The fraction of sp³-hybridized carbons (Fsp3) is 0.750. The van der Waals surface area contributed by atoms with Crippen molar-refractivity contribution in [3.05, 3.63) is 17.5 Å². The number of thioether (sulfide) groups is 1. The van der Waals surface area contributed by atoms with Crippen molar-refractivity contribution >= 4 is 11.8 Å². The van der Waals surface area contributed by atoms with Crippen molar-refractivity contribution < 1.29 is 0 Å². The van der Waals surface area contributed by atoms with Gasteiger partial charge in [0.25, 0.3) is 0 Å². The molecule has 4 heteroatoms. The van der Waals surface area contributed by atoms with Crippen LogP contribution >= 0.6 is 11.8 Å². The van der Waals surface area contributed by atoms with Crippen molar-refractivity contribution in [3.63, 3.8) is 0 Å². The average molecular weight is 241 g/mol. The van der Waals surface area contributed by atoms with E-state index in [2.05, 4.69) is 30.3 Å². The number of hydrogen-bond donors (Lipinski definition) is 1. The van der Waals surface area contributed by atoms with Gasteiger partial charge in [0.15, 0.2) is 0 Å². The zero-order valence-corrected chi connectivity index (χ0v) is 11.6. The maximum atomic E-state index is 4.34. The fourth-order valence-electron chi connectivity index (χ4n) is 1.61. The fourth-order valence-corrected chi connectivity index (χ4v) is 2.42. The zero-order valence-electron chi connectivity index (χ0n) is 10.8. The highest BCUT2D eigenvalue weighted by Crippen LogP contribution is 2.05. The number of aryl methyl sites for hydroxylation is 2. The first kappa shape index (κ1) is 13.6. The van der Waals surface area contributed by atoms with E-state index >= 15 is 0 Å². The minimum Gasteiger partial charge on any atom is -0.309 e. The Morgan fingerprint density at radius 2 is 2.31 bits per heavy atom. The van der Waals surface area contributed by atoms with Crippen molar-refractivity contribution in [2.24, 2.45) is 7.05 Å². The van der Waals surface area contributed by atoms with E-state index < -0.39 is 0 Å². The van der Waals surface area contributed by atoms with Gasteiger partial charge in [-0.3, -0.25) is 4.68 Å². The van der Waals surface area contributed by atoms with Crippen LogP contribution in [0, 0.1) is 6.92 Å². The van der Waals surface area contributed by atoms with Crippen LogP contribution in [0.2, 0.25) is 0 Å². The van der Waals surface area contributed by atoms with Crippen molar-refractivity contribution in [1.29, 1.82) is 0 Å². The van der Waals surface area contributed by atoms with E-state index in [0.717, 1.165) is 12.2 Å². The molecule has 1 unspecified atom stereocenters. The molecule has 1 atom stereocenters. The average Bonchev–Trinajstić information content (AvgIpc) is 2.55.